The standard InChI is InChI=1S/C12H15N3O2/c13-9-2-1-3-10-12(9)14-11(17-10)8-15-4-6-16-7-5-15/h1-3H,4-8,13H2. The summed E-state index contributed by atoms with van der Waals surface area (Å²) in [6.45, 7) is 4.13. The maximum absolute atomic E-state index is 5.85. The summed E-state index contributed by atoms with van der Waals surface area (Å²) in [5, 5.41) is 0. The van der Waals surface area contributed by atoms with Gasteiger partial charge >= 0.3 is 0 Å². The van der Waals surface area contributed by atoms with E-state index in [1.54, 1.807) is 0 Å². The molecule has 0 spiro atoms. The fourth-order valence-corrected chi connectivity index (χ4v) is 2.03. The molecule has 1 aromatic heterocycles. The lowest BCUT2D eigenvalue weighted by Gasteiger charge is -2.24. The molecule has 17 heavy (non-hydrogen) atoms. The molecule has 0 radical (unpaired) electrons. The van der Waals surface area contributed by atoms with Gasteiger partial charge in [-0.05, 0) is 12.1 Å². The van der Waals surface area contributed by atoms with E-state index >= 15 is 0 Å². The molecule has 5 heteroatoms. The number of hydrogen-bond acceptors (Lipinski definition) is 5. The van der Waals surface area contributed by atoms with Crippen LogP contribution in [-0.4, -0.2) is 36.2 Å². The van der Waals surface area contributed by atoms with Gasteiger partial charge in [0.25, 0.3) is 0 Å². The predicted octanol–water partition coefficient (Wildman–Crippen LogP) is 1.24. The van der Waals surface area contributed by atoms with Crippen LogP contribution in [0.15, 0.2) is 22.6 Å². The summed E-state index contributed by atoms with van der Waals surface area (Å²) in [5.41, 5.74) is 8.03. The van der Waals surface area contributed by atoms with Gasteiger partial charge in [0.2, 0.25) is 5.89 Å². The van der Waals surface area contributed by atoms with Gasteiger partial charge in [-0.2, -0.15) is 0 Å². The Hall–Kier alpha value is -1.59. The fraction of sp³-hybridized carbons (Fsp3) is 0.417. The highest BCUT2D eigenvalue weighted by molar-refractivity contribution is 5.85. The minimum atomic E-state index is 0.666. The van der Waals surface area contributed by atoms with E-state index in [9.17, 15) is 0 Å². The average Bonchev–Trinajstić information content (AvgIpc) is 2.74. The SMILES string of the molecule is Nc1cccc2oc(CN3CCOCC3)nc12. The molecule has 0 unspecified atom stereocenters. The van der Waals surface area contributed by atoms with Crippen LogP contribution in [-0.2, 0) is 11.3 Å². The molecule has 1 aromatic carbocycles. The molecule has 3 rings (SSSR count). The van der Waals surface area contributed by atoms with Crippen LogP contribution in [0, 0.1) is 0 Å². The highest BCUT2D eigenvalue weighted by atomic mass is 16.5. The molecule has 2 aromatic rings. The van der Waals surface area contributed by atoms with E-state index in [1.807, 2.05) is 18.2 Å². The Kier molecular flexibility index (Phi) is 2.70. The minimum Gasteiger partial charge on any atom is -0.439 e. The van der Waals surface area contributed by atoms with Crippen LogP contribution in [0.3, 0.4) is 0 Å². The van der Waals surface area contributed by atoms with Crippen molar-refractivity contribution >= 4 is 16.8 Å². The van der Waals surface area contributed by atoms with E-state index in [0.717, 1.165) is 49.8 Å². The molecule has 2 N–H and O–H groups in total. The first-order chi connectivity index (χ1) is 8.33. The molecule has 1 saturated heterocycles. The quantitative estimate of drug-likeness (QED) is 0.791. The molecule has 0 bridgehead atoms. The minimum absolute atomic E-state index is 0.666. The highest BCUT2D eigenvalue weighted by Crippen LogP contribution is 2.21. The van der Waals surface area contributed by atoms with Crippen molar-refractivity contribution in [3.05, 3.63) is 24.1 Å². The molecule has 2 heterocycles. The molecule has 1 aliphatic heterocycles. The third-order valence-corrected chi connectivity index (χ3v) is 2.96. The number of oxazole rings is 1. The van der Waals surface area contributed by atoms with Crippen molar-refractivity contribution in [2.75, 3.05) is 32.0 Å². The molecule has 0 saturated carbocycles. The number of para-hydroxylation sites is 1. The van der Waals surface area contributed by atoms with Crippen LogP contribution in [0.1, 0.15) is 5.89 Å². The second-order valence-electron chi connectivity index (χ2n) is 4.19. The summed E-state index contributed by atoms with van der Waals surface area (Å²) in [4.78, 5) is 6.70. The summed E-state index contributed by atoms with van der Waals surface area (Å²) in [5.74, 6) is 0.722. The number of nitrogens with two attached hydrogens (primary N) is 1. The van der Waals surface area contributed by atoms with Crippen LogP contribution < -0.4 is 5.73 Å². The lowest BCUT2D eigenvalue weighted by molar-refractivity contribution is 0.0308. The van der Waals surface area contributed by atoms with Crippen LogP contribution in [0.2, 0.25) is 0 Å². The van der Waals surface area contributed by atoms with Crippen molar-refractivity contribution in [2.45, 2.75) is 6.54 Å². The van der Waals surface area contributed by atoms with E-state index in [4.69, 9.17) is 14.9 Å². The van der Waals surface area contributed by atoms with Crippen LogP contribution in [0.25, 0.3) is 11.1 Å². The molecule has 90 valence electrons. The normalized spacial score (nSPS) is 17.6. The second kappa shape index (κ2) is 4.35. The third kappa shape index (κ3) is 2.11. The lowest BCUT2D eigenvalue weighted by atomic mass is 10.3. The van der Waals surface area contributed by atoms with E-state index < -0.39 is 0 Å². The maximum atomic E-state index is 5.85. The van der Waals surface area contributed by atoms with Crippen molar-refractivity contribution in [3.8, 4) is 0 Å². The van der Waals surface area contributed by atoms with E-state index in [2.05, 4.69) is 9.88 Å². The Morgan fingerprint density at radius 1 is 1.29 bits per heavy atom. The van der Waals surface area contributed by atoms with Gasteiger partial charge < -0.3 is 14.9 Å². The molecule has 0 aliphatic carbocycles. The van der Waals surface area contributed by atoms with Crippen molar-refractivity contribution in [1.29, 1.82) is 0 Å². The first-order valence-corrected chi connectivity index (χ1v) is 5.77. The number of benzene rings is 1. The molecule has 1 aliphatic rings. The van der Waals surface area contributed by atoms with Gasteiger partial charge in [-0.25, -0.2) is 4.98 Å². The molecule has 1 fully saturated rings. The largest absolute Gasteiger partial charge is 0.439 e. The van der Waals surface area contributed by atoms with Gasteiger partial charge in [0.05, 0.1) is 25.4 Å². The van der Waals surface area contributed by atoms with Crippen LogP contribution in [0.5, 0.6) is 0 Å². The fourth-order valence-electron chi connectivity index (χ4n) is 2.03. The Morgan fingerprint density at radius 3 is 2.88 bits per heavy atom. The van der Waals surface area contributed by atoms with E-state index in [-0.39, 0.29) is 0 Å². The average molecular weight is 233 g/mol. The number of rotatable bonds is 2. The molecule has 0 amide bonds. The number of fused-ring (bicyclic) bond motifs is 1. The van der Waals surface area contributed by atoms with Crippen molar-refractivity contribution in [3.63, 3.8) is 0 Å². The number of aromatic nitrogens is 1. The molecule has 5 nitrogen and oxygen atoms in total. The topological polar surface area (TPSA) is 64.5 Å². The Labute approximate surface area is 99.2 Å². The van der Waals surface area contributed by atoms with E-state index in [1.165, 1.54) is 0 Å². The Balaban J connectivity index is 1.83. The first-order valence-electron chi connectivity index (χ1n) is 5.77. The van der Waals surface area contributed by atoms with E-state index in [0.29, 0.717) is 5.69 Å². The number of nitrogen functional groups attached to an aromatic ring is 1. The Bertz CT molecular complexity index is 517. The van der Waals surface area contributed by atoms with Gasteiger partial charge in [-0.3, -0.25) is 4.90 Å². The summed E-state index contributed by atoms with van der Waals surface area (Å²) in [7, 11) is 0. The van der Waals surface area contributed by atoms with Gasteiger partial charge in [0.1, 0.15) is 5.52 Å². The number of ether oxygens (including phenoxy) is 1. The smallest absolute Gasteiger partial charge is 0.209 e. The van der Waals surface area contributed by atoms with Crippen molar-refractivity contribution in [2.24, 2.45) is 0 Å². The summed E-state index contributed by atoms with van der Waals surface area (Å²) < 4.78 is 11.0. The Morgan fingerprint density at radius 2 is 2.12 bits per heavy atom. The highest BCUT2D eigenvalue weighted by Gasteiger charge is 2.15. The van der Waals surface area contributed by atoms with Gasteiger partial charge in [-0.15, -0.1) is 0 Å². The zero-order chi connectivity index (χ0) is 11.7. The maximum Gasteiger partial charge on any atom is 0.209 e. The molecular formula is C12H15N3O2. The summed E-state index contributed by atoms with van der Waals surface area (Å²) >= 11 is 0. The monoisotopic (exact) mass is 233 g/mol. The second-order valence-corrected chi connectivity index (χ2v) is 4.19. The van der Waals surface area contributed by atoms with Gasteiger partial charge in [0, 0.05) is 13.1 Å². The molecular weight excluding hydrogens is 218 g/mol. The van der Waals surface area contributed by atoms with Crippen LogP contribution >= 0.6 is 0 Å². The lowest BCUT2D eigenvalue weighted by Crippen LogP contribution is -2.35. The molecule has 0 atom stereocenters. The number of morpholine rings is 1. The summed E-state index contributed by atoms with van der Waals surface area (Å²) in [6, 6.07) is 5.60. The first kappa shape index (κ1) is 10.6. The number of hydrogen-bond donors (Lipinski definition) is 1. The summed E-state index contributed by atoms with van der Waals surface area (Å²) in [6.07, 6.45) is 0. The zero-order valence-corrected chi connectivity index (χ0v) is 9.56. The zero-order valence-electron chi connectivity index (χ0n) is 9.56. The van der Waals surface area contributed by atoms with Crippen molar-refractivity contribution in [1.82, 2.24) is 9.88 Å². The van der Waals surface area contributed by atoms with Crippen LogP contribution in [0.4, 0.5) is 5.69 Å². The predicted molar refractivity (Wildman–Crippen MR) is 64.5 cm³/mol. The van der Waals surface area contributed by atoms with Gasteiger partial charge in [-0.1, -0.05) is 6.07 Å². The van der Waals surface area contributed by atoms with Crippen molar-refractivity contribution < 1.29 is 9.15 Å². The number of nitrogens with zero attached hydrogens (tertiary/aromatic N) is 2. The third-order valence-electron chi connectivity index (χ3n) is 2.96. The van der Waals surface area contributed by atoms with Gasteiger partial charge in [0.15, 0.2) is 5.58 Å². The number of anilines is 1.